The van der Waals surface area contributed by atoms with Crippen LogP contribution in [0.3, 0.4) is 0 Å². The van der Waals surface area contributed by atoms with Crippen LogP contribution >= 0.6 is 0 Å². The summed E-state index contributed by atoms with van der Waals surface area (Å²) < 4.78 is 0. The summed E-state index contributed by atoms with van der Waals surface area (Å²) >= 11 is 0. The molecule has 0 unspecified atom stereocenters. The van der Waals surface area contributed by atoms with Crippen molar-refractivity contribution in [2.75, 3.05) is 0 Å². The van der Waals surface area contributed by atoms with Crippen molar-refractivity contribution in [1.29, 1.82) is 0 Å². The van der Waals surface area contributed by atoms with Gasteiger partial charge in [-0.15, -0.1) is 0 Å². The summed E-state index contributed by atoms with van der Waals surface area (Å²) in [6, 6.07) is 32.0. The molecule has 0 aliphatic rings. The third kappa shape index (κ3) is 3.53. The van der Waals surface area contributed by atoms with Crippen LogP contribution in [-0.4, -0.2) is 22.8 Å². The maximum atomic E-state index is 5.91. The van der Waals surface area contributed by atoms with Gasteiger partial charge in [0.25, 0.3) is 0 Å². The molecule has 5 aromatic rings. The second kappa shape index (κ2) is 7.32. The van der Waals surface area contributed by atoms with Crippen molar-refractivity contribution in [2.24, 2.45) is 0 Å². The first kappa shape index (κ1) is 17.3. The van der Waals surface area contributed by atoms with Crippen molar-refractivity contribution < 1.29 is 0 Å². The number of fused-ring (bicyclic) bond motifs is 1. The van der Waals surface area contributed by atoms with Gasteiger partial charge in [-0.3, -0.25) is 0 Å². The Morgan fingerprint density at radius 2 is 0.931 bits per heavy atom. The summed E-state index contributed by atoms with van der Waals surface area (Å²) in [5, 5.41) is 2.19. The maximum Gasteiger partial charge on any atom is 0.164 e. The molecule has 2 radical (unpaired) electrons. The summed E-state index contributed by atoms with van der Waals surface area (Å²) in [5.41, 5.74) is 3.62. The molecule has 29 heavy (non-hydrogen) atoms. The van der Waals surface area contributed by atoms with Gasteiger partial charge >= 0.3 is 0 Å². The Balaban J connectivity index is 1.70. The van der Waals surface area contributed by atoms with Crippen LogP contribution in [-0.2, 0) is 0 Å². The van der Waals surface area contributed by atoms with Gasteiger partial charge in [-0.1, -0.05) is 96.5 Å². The third-order valence-corrected chi connectivity index (χ3v) is 4.82. The molecule has 4 heteroatoms. The van der Waals surface area contributed by atoms with Crippen LogP contribution in [0, 0.1) is 0 Å². The summed E-state index contributed by atoms with van der Waals surface area (Å²) in [6.45, 7) is 0. The van der Waals surface area contributed by atoms with Gasteiger partial charge in [0.05, 0.1) is 0 Å². The molecule has 1 heterocycles. The lowest BCUT2D eigenvalue weighted by Gasteiger charge is -2.09. The number of benzene rings is 4. The normalized spacial score (nSPS) is 10.9. The van der Waals surface area contributed by atoms with Gasteiger partial charge in [0, 0.05) is 16.7 Å². The van der Waals surface area contributed by atoms with E-state index in [0.717, 1.165) is 32.9 Å². The van der Waals surface area contributed by atoms with Crippen LogP contribution in [0.25, 0.3) is 44.9 Å². The molecule has 3 nitrogen and oxygen atoms in total. The predicted molar refractivity (Wildman–Crippen MR) is 119 cm³/mol. The lowest BCUT2D eigenvalue weighted by atomic mass is 9.93. The van der Waals surface area contributed by atoms with Gasteiger partial charge in [0.2, 0.25) is 0 Å². The van der Waals surface area contributed by atoms with Crippen LogP contribution in [0.1, 0.15) is 0 Å². The van der Waals surface area contributed by atoms with E-state index in [0.29, 0.717) is 17.5 Å². The van der Waals surface area contributed by atoms with Crippen molar-refractivity contribution >= 4 is 24.1 Å². The Hall–Kier alpha value is -3.79. The second-order valence-electron chi connectivity index (χ2n) is 6.86. The Bertz CT molecular complexity index is 1240. The molecule has 5 rings (SSSR count). The Morgan fingerprint density at radius 3 is 1.52 bits per heavy atom. The summed E-state index contributed by atoms with van der Waals surface area (Å²) in [6.07, 6.45) is 0. The Kier molecular flexibility index (Phi) is 4.37. The lowest BCUT2D eigenvalue weighted by Crippen LogP contribution is -2.01. The first-order chi connectivity index (χ1) is 14.3. The minimum absolute atomic E-state index is 0.649. The first-order valence-corrected chi connectivity index (χ1v) is 9.43. The van der Waals surface area contributed by atoms with Crippen LogP contribution in [0.15, 0.2) is 97.1 Å². The predicted octanol–water partition coefficient (Wildman–Crippen LogP) is 4.82. The standard InChI is InChI=1S/C25H16BN3/c26-22-14-13-19-15-21(12-11-20(19)16-22)25-28-23(17-7-3-1-4-8-17)27-24(29-25)18-9-5-2-6-10-18/h1-16H. The quantitative estimate of drug-likeness (QED) is 0.428. The third-order valence-electron chi connectivity index (χ3n) is 4.82. The number of aromatic nitrogens is 3. The molecule has 0 spiro atoms. The Labute approximate surface area is 170 Å². The fourth-order valence-electron chi connectivity index (χ4n) is 3.34. The fourth-order valence-corrected chi connectivity index (χ4v) is 3.34. The molecular weight excluding hydrogens is 353 g/mol. The second-order valence-corrected chi connectivity index (χ2v) is 6.86. The highest BCUT2D eigenvalue weighted by molar-refractivity contribution is 6.33. The highest BCUT2D eigenvalue weighted by Crippen LogP contribution is 2.26. The molecule has 0 aliphatic heterocycles. The van der Waals surface area contributed by atoms with E-state index in [1.54, 1.807) is 0 Å². The topological polar surface area (TPSA) is 38.7 Å². The molecular formula is C25H16BN3. The number of hydrogen-bond donors (Lipinski definition) is 0. The molecule has 0 N–H and O–H groups in total. The van der Waals surface area contributed by atoms with E-state index in [1.807, 2.05) is 84.9 Å². The van der Waals surface area contributed by atoms with E-state index in [-0.39, 0.29) is 0 Å². The van der Waals surface area contributed by atoms with Crippen molar-refractivity contribution in [3.63, 3.8) is 0 Å². The highest BCUT2D eigenvalue weighted by Gasteiger charge is 2.12. The van der Waals surface area contributed by atoms with Crippen LogP contribution in [0.2, 0.25) is 0 Å². The van der Waals surface area contributed by atoms with E-state index >= 15 is 0 Å². The van der Waals surface area contributed by atoms with Gasteiger partial charge < -0.3 is 0 Å². The minimum Gasteiger partial charge on any atom is -0.208 e. The first-order valence-electron chi connectivity index (χ1n) is 9.43. The molecule has 0 saturated heterocycles. The van der Waals surface area contributed by atoms with E-state index < -0.39 is 0 Å². The monoisotopic (exact) mass is 369 g/mol. The van der Waals surface area contributed by atoms with E-state index in [9.17, 15) is 0 Å². The van der Waals surface area contributed by atoms with Crippen molar-refractivity contribution in [3.8, 4) is 34.2 Å². The molecule has 4 aromatic carbocycles. The molecule has 0 bridgehead atoms. The van der Waals surface area contributed by atoms with E-state index in [1.165, 1.54) is 0 Å². The highest BCUT2D eigenvalue weighted by atomic mass is 15.0. The average Bonchev–Trinajstić information content (AvgIpc) is 2.79. The van der Waals surface area contributed by atoms with Gasteiger partial charge in [-0.05, 0) is 16.8 Å². The largest absolute Gasteiger partial charge is 0.208 e. The maximum absolute atomic E-state index is 5.91. The molecule has 0 aliphatic carbocycles. The summed E-state index contributed by atoms with van der Waals surface area (Å²) in [5.74, 6) is 1.97. The van der Waals surface area contributed by atoms with Crippen LogP contribution in [0.4, 0.5) is 0 Å². The number of rotatable bonds is 3. The van der Waals surface area contributed by atoms with Gasteiger partial charge in [0.15, 0.2) is 17.5 Å². The molecule has 1 aromatic heterocycles. The van der Waals surface area contributed by atoms with E-state index in [4.69, 9.17) is 22.8 Å². The zero-order valence-electron chi connectivity index (χ0n) is 15.7. The fraction of sp³-hybridized carbons (Fsp3) is 0. The van der Waals surface area contributed by atoms with Crippen molar-refractivity contribution in [3.05, 3.63) is 97.1 Å². The molecule has 0 fully saturated rings. The summed E-state index contributed by atoms with van der Waals surface area (Å²) in [7, 11) is 5.91. The molecule has 0 atom stereocenters. The Morgan fingerprint density at radius 1 is 0.448 bits per heavy atom. The number of hydrogen-bond acceptors (Lipinski definition) is 3. The minimum atomic E-state index is 0.649. The van der Waals surface area contributed by atoms with Crippen molar-refractivity contribution in [2.45, 2.75) is 0 Å². The van der Waals surface area contributed by atoms with E-state index in [2.05, 4.69) is 12.1 Å². The molecule has 134 valence electrons. The van der Waals surface area contributed by atoms with Crippen LogP contribution < -0.4 is 5.46 Å². The van der Waals surface area contributed by atoms with Gasteiger partial charge in [-0.2, -0.15) is 0 Å². The zero-order chi connectivity index (χ0) is 19.6. The average molecular weight is 369 g/mol. The SMILES string of the molecule is [B]c1ccc2cc(-c3nc(-c4ccccc4)nc(-c4ccccc4)n3)ccc2c1. The lowest BCUT2D eigenvalue weighted by molar-refractivity contribution is 1.07. The zero-order valence-corrected chi connectivity index (χ0v) is 15.7. The van der Waals surface area contributed by atoms with Crippen molar-refractivity contribution in [1.82, 2.24) is 15.0 Å². The van der Waals surface area contributed by atoms with Gasteiger partial charge in [0.1, 0.15) is 7.85 Å². The smallest absolute Gasteiger partial charge is 0.164 e. The van der Waals surface area contributed by atoms with Crippen LogP contribution in [0.5, 0.6) is 0 Å². The van der Waals surface area contributed by atoms with Gasteiger partial charge in [-0.25, -0.2) is 15.0 Å². The number of nitrogens with zero attached hydrogens (tertiary/aromatic N) is 3. The molecule has 0 saturated carbocycles. The molecule has 0 amide bonds. The summed E-state index contributed by atoms with van der Waals surface area (Å²) in [4.78, 5) is 14.3.